The number of esters is 1. The van der Waals surface area contributed by atoms with Crippen molar-refractivity contribution in [2.75, 3.05) is 5.32 Å². The zero-order valence-electron chi connectivity index (χ0n) is 15.2. The first-order chi connectivity index (χ1) is 14.0. The van der Waals surface area contributed by atoms with Gasteiger partial charge in [-0.2, -0.15) is 5.26 Å². The molecule has 4 rings (SSSR count). The molecule has 5 nitrogen and oxygen atoms in total. The number of amides is 1. The van der Waals surface area contributed by atoms with Gasteiger partial charge >= 0.3 is 5.97 Å². The second kappa shape index (κ2) is 7.42. The molecular weight excluding hydrogens is 388 g/mol. The molecule has 1 aliphatic heterocycles. The fraction of sp³-hybridized carbons (Fsp3) is 0.0870. The first kappa shape index (κ1) is 18.7. The van der Waals surface area contributed by atoms with Gasteiger partial charge in [-0.05, 0) is 29.8 Å². The monoisotopic (exact) mass is 402 g/mol. The highest BCUT2D eigenvalue weighted by atomic mass is 35.5. The minimum Gasteiger partial charge on any atom is -0.440 e. The second-order valence-electron chi connectivity index (χ2n) is 6.68. The lowest BCUT2D eigenvalue weighted by Gasteiger charge is -2.36. The number of cyclic esters (lactones) is 1. The number of nitriles is 1. The lowest BCUT2D eigenvalue weighted by molar-refractivity contribution is -0.137. The Morgan fingerprint density at radius 2 is 1.79 bits per heavy atom. The van der Waals surface area contributed by atoms with Crippen LogP contribution in [0.5, 0.6) is 0 Å². The Bertz CT molecular complexity index is 1150. The van der Waals surface area contributed by atoms with E-state index in [1.165, 1.54) is 12.1 Å². The van der Waals surface area contributed by atoms with Crippen molar-refractivity contribution >= 4 is 29.2 Å². The van der Waals surface area contributed by atoms with Crippen molar-refractivity contribution in [3.8, 4) is 6.07 Å². The van der Waals surface area contributed by atoms with Gasteiger partial charge in [0.2, 0.25) is 5.60 Å². The molecule has 0 bridgehead atoms. The van der Waals surface area contributed by atoms with Crippen LogP contribution in [0.15, 0.2) is 72.8 Å². The molecule has 1 amide bonds. The number of rotatable bonds is 3. The van der Waals surface area contributed by atoms with Crippen LogP contribution in [0.2, 0.25) is 5.02 Å². The van der Waals surface area contributed by atoms with E-state index < -0.39 is 17.5 Å². The second-order valence-corrected chi connectivity index (χ2v) is 7.08. The van der Waals surface area contributed by atoms with Crippen LogP contribution in [0.25, 0.3) is 0 Å². The quantitative estimate of drug-likeness (QED) is 0.656. The summed E-state index contributed by atoms with van der Waals surface area (Å²) in [7, 11) is 0. The van der Waals surface area contributed by atoms with Crippen molar-refractivity contribution in [3.05, 3.63) is 100 Å². The number of hydrogen-bond donors (Lipinski definition) is 1. The van der Waals surface area contributed by atoms with Gasteiger partial charge in [0.15, 0.2) is 0 Å². The molecule has 0 aromatic heterocycles. The zero-order valence-corrected chi connectivity index (χ0v) is 15.9. The van der Waals surface area contributed by atoms with Gasteiger partial charge in [0, 0.05) is 17.7 Å². The van der Waals surface area contributed by atoms with Gasteiger partial charge in [-0.3, -0.25) is 4.79 Å². The van der Waals surface area contributed by atoms with Crippen molar-refractivity contribution in [2.45, 2.75) is 12.0 Å². The van der Waals surface area contributed by atoms with E-state index in [1.54, 1.807) is 42.5 Å². The van der Waals surface area contributed by atoms with E-state index in [4.69, 9.17) is 21.6 Å². The third kappa shape index (κ3) is 3.35. The minimum absolute atomic E-state index is 0.203. The number of hydrogen-bond acceptors (Lipinski definition) is 4. The summed E-state index contributed by atoms with van der Waals surface area (Å²) < 4.78 is 5.76. The number of fused-ring (bicyclic) bond motifs is 1. The van der Waals surface area contributed by atoms with Gasteiger partial charge in [0.25, 0.3) is 5.91 Å². The summed E-state index contributed by atoms with van der Waals surface area (Å²) in [5.74, 6) is -1.05. The molecule has 0 fully saturated rings. The van der Waals surface area contributed by atoms with Crippen molar-refractivity contribution in [1.82, 2.24) is 0 Å². The number of nitrogens with one attached hydrogen (secondary N) is 1. The highest BCUT2D eigenvalue weighted by Gasteiger charge is 2.48. The normalized spacial score (nSPS) is 17.6. The number of benzene rings is 3. The third-order valence-corrected chi connectivity index (χ3v) is 5.21. The Kier molecular flexibility index (Phi) is 4.79. The summed E-state index contributed by atoms with van der Waals surface area (Å²) in [5, 5.41) is 12.0. The number of anilines is 1. The predicted octanol–water partition coefficient (Wildman–Crippen LogP) is 4.46. The first-order valence-electron chi connectivity index (χ1n) is 8.91. The molecule has 3 aromatic rings. The third-order valence-electron chi connectivity index (χ3n) is 4.90. The van der Waals surface area contributed by atoms with Crippen LogP contribution in [-0.2, 0) is 21.6 Å². The van der Waals surface area contributed by atoms with Crippen LogP contribution in [0.3, 0.4) is 0 Å². The lowest BCUT2D eigenvalue weighted by Crippen LogP contribution is -2.48. The number of carbonyl (C=O) groups is 2. The topological polar surface area (TPSA) is 79.2 Å². The van der Waals surface area contributed by atoms with Crippen molar-refractivity contribution in [3.63, 3.8) is 0 Å². The summed E-state index contributed by atoms with van der Waals surface area (Å²) in [6.07, 6.45) is 0.203. The lowest BCUT2D eigenvalue weighted by atomic mass is 9.82. The molecule has 0 aliphatic carbocycles. The van der Waals surface area contributed by atoms with Gasteiger partial charge in [0.1, 0.15) is 6.07 Å². The highest BCUT2D eigenvalue weighted by Crippen LogP contribution is 2.37. The smallest absolute Gasteiger partial charge is 0.339 e. The molecule has 0 saturated heterocycles. The molecule has 1 aliphatic rings. The molecule has 0 saturated carbocycles. The molecular formula is C23H15ClN2O3. The van der Waals surface area contributed by atoms with E-state index in [-0.39, 0.29) is 11.4 Å². The molecule has 0 radical (unpaired) electrons. The summed E-state index contributed by atoms with van der Waals surface area (Å²) in [4.78, 5) is 26.1. The maximum Gasteiger partial charge on any atom is 0.339 e. The van der Waals surface area contributed by atoms with Crippen molar-refractivity contribution in [1.29, 1.82) is 5.26 Å². The van der Waals surface area contributed by atoms with Crippen LogP contribution in [0.1, 0.15) is 27.0 Å². The molecule has 1 unspecified atom stereocenters. The van der Waals surface area contributed by atoms with E-state index in [0.717, 1.165) is 5.56 Å². The summed E-state index contributed by atoms with van der Waals surface area (Å²) in [6, 6.07) is 22.6. The summed E-state index contributed by atoms with van der Waals surface area (Å²) in [6.45, 7) is 0. The van der Waals surface area contributed by atoms with Crippen LogP contribution in [0.4, 0.5) is 5.69 Å². The molecule has 1 heterocycles. The number of ether oxygens (including phenoxy) is 1. The van der Waals surface area contributed by atoms with Gasteiger partial charge in [0.05, 0.1) is 16.1 Å². The molecule has 6 heteroatoms. The zero-order chi connectivity index (χ0) is 20.4. The van der Waals surface area contributed by atoms with Crippen LogP contribution >= 0.6 is 11.6 Å². The van der Waals surface area contributed by atoms with Crippen molar-refractivity contribution in [2.24, 2.45) is 0 Å². The van der Waals surface area contributed by atoms with E-state index in [2.05, 4.69) is 5.32 Å². The van der Waals surface area contributed by atoms with Crippen LogP contribution in [0, 0.1) is 11.3 Å². The fourth-order valence-electron chi connectivity index (χ4n) is 3.43. The molecule has 0 spiro atoms. The average molecular weight is 403 g/mol. The number of halogens is 1. The number of nitrogens with zero attached hydrogens (tertiary/aromatic N) is 1. The van der Waals surface area contributed by atoms with E-state index in [0.29, 0.717) is 22.4 Å². The minimum atomic E-state index is -1.52. The summed E-state index contributed by atoms with van der Waals surface area (Å²) in [5.41, 5.74) is 0.950. The first-order valence-corrected chi connectivity index (χ1v) is 9.29. The van der Waals surface area contributed by atoms with Crippen LogP contribution in [-0.4, -0.2) is 11.9 Å². The van der Waals surface area contributed by atoms with Gasteiger partial charge < -0.3 is 10.1 Å². The maximum absolute atomic E-state index is 13.4. The van der Waals surface area contributed by atoms with Gasteiger partial charge in [-0.1, -0.05) is 60.1 Å². The molecule has 3 aromatic carbocycles. The standard InChI is InChI=1S/C23H15ClN2O3/c24-20-12-18(11-10-16(20)14-25)26-22(28)23(17-7-2-1-3-8-17)13-15-6-4-5-9-19(15)21(27)29-23/h1-12H,13H2,(H,26,28). The fourth-order valence-corrected chi connectivity index (χ4v) is 3.66. The molecule has 29 heavy (non-hydrogen) atoms. The van der Waals surface area contributed by atoms with Gasteiger partial charge in [-0.15, -0.1) is 0 Å². The SMILES string of the molecule is N#Cc1ccc(NC(=O)C2(c3ccccc3)Cc3ccccc3C(=O)O2)cc1Cl. The molecule has 1 atom stereocenters. The summed E-state index contributed by atoms with van der Waals surface area (Å²) >= 11 is 6.08. The van der Waals surface area contributed by atoms with E-state index in [9.17, 15) is 9.59 Å². The predicted molar refractivity (Wildman–Crippen MR) is 108 cm³/mol. The Balaban J connectivity index is 1.76. The maximum atomic E-state index is 13.4. The van der Waals surface area contributed by atoms with Gasteiger partial charge in [-0.25, -0.2) is 4.79 Å². The van der Waals surface area contributed by atoms with Crippen molar-refractivity contribution < 1.29 is 14.3 Å². The Morgan fingerprint density at radius 3 is 2.52 bits per heavy atom. The Morgan fingerprint density at radius 1 is 1.07 bits per heavy atom. The van der Waals surface area contributed by atoms with Crippen LogP contribution < -0.4 is 5.32 Å². The molecule has 1 N–H and O–H groups in total. The molecule has 142 valence electrons. The number of carbonyl (C=O) groups excluding carboxylic acids is 2. The Hall–Kier alpha value is -3.62. The van der Waals surface area contributed by atoms with E-state index >= 15 is 0 Å². The largest absolute Gasteiger partial charge is 0.440 e. The van der Waals surface area contributed by atoms with E-state index in [1.807, 2.05) is 24.3 Å². The average Bonchev–Trinajstić information content (AvgIpc) is 2.74. The highest BCUT2D eigenvalue weighted by molar-refractivity contribution is 6.32. The Labute approximate surface area is 172 Å².